The number of aromatic nitrogens is 1. The lowest BCUT2D eigenvalue weighted by molar-refractivity contribution is -0.139. The molecule has 0 radical (unpaired) electrons. The van der Waals surface area contributed by atoms with E-state index in [0.717, 1.165) is 31.5 Å². The highest BCUT2D eigenvalue weighted by atomic mass is 16.2. The normalized spacial score (nSPS) is 26.6. The monoisotopic (exact) mass is 398 g/mol. The molecular weight excluding hydrogens is 364 g/mol. The first-order valence-electron chi connectivity index (χ1n) is 11.4. The van der Waals surface area contributed by atoms with Crippen molar-refractivity contribution in [3.63, 3.8) is 0 Å². The van der Waals surface area contributed by atoms with Crippen molar-refractivity contribution < 1.29 is 9.59 Å². The van der Waals surface area contributed by atoms with Crippen LogP contribution in [0.2, 0.25) is 0 Å². The molecule has 0 bridgehead atoms. The molecule has 158 valence electrons. The highest BCUT2D eigenvalue weighted by Crippen LogP contribution is 2.27. The van der Waals surface area contributed by atoms with Gasteiger partial charge in [0, 0.05) is 51.0 Å². The fourth-order valence-corrected chi connectivity index (χ4v) is 5.13. The first-order valence-corrected chi connectivity index (χ1v) is 11.4. The van der Waals surface area contributed by atoms with Crippen molar-refractivity contribution in [3.8, 4) is 0 Å². The number of amides is 2. The summed E-state index contributed by atoms with van der Waals surface area (Å²) in [6, 6.07) is 4.19. The van der Waals surface area contributed by atoms with Crippen LogP contribution in [0.1, 0.15) is 56.9 Å². The van der Waals surface area contributed by atoms with Crippen LogP contribution >= 0.6 is 0 Å². The third kappa shape index (κ3) is 5.16. The van der Waals surface area contributed by atoms with Gasteiger partial charge in [-0.1, -0.05) is 18.9 Å². The second-order valence-corrected chi connectivity index (χ2v) is 8.93. The van der Waals surface area contributed by atoms with Crippen LogP contribution in [-0.2, 0) is 16.1 Å². The van der Waals surface area contributed by atoms with E-state index in [0.29, 0.717) is 25.6 Å². The van der Waals surface area contributed by atoms with E-state index in [1.165, 1.54) is 45.2 Å². The van der Waals surface area contributed by atoms with Gasteiger partial charge in [-0.3, -0.25) is 14.6 Å². The first-order chi connectivity index (χ1) is 14.2. The van der Waals surface area contributed by atoms with Crippen LogP contribution in [0, 0.1) is 5.92 Å². The van der Waals surface area contributed by atoms with Crippen molar-refractivity contribution >= 4 is 11.8 Å². The molecule has 4 rings (SSSR count). The molecule has 6 heteroatoms. The van der Waals surface area contributed by atoms with E-state index in [4.69, 9.17) is 0 Å². The molecule has 6 nitrogen and oxygen atoms in total. The molecule has 1 aromatic rings. The lowest BCUT2D eigenvalue weighted by Crippen LogP contribution is -2.51. The molecule has 2 amide bonds. The Balaban J connectivity index is 1.37. The third-order valence-corrected chi connectivity index (χ3v) is 6.74. The van der Waals surface area contributed by atoms with Crippen molar-refractivity contribution in [2.75, 3.05) is 32.7 Å². The van der Waals surface area contributed by atoms with E-state index < -0.39 is 0 Å². The highest BCUT2D eigenvalue weighted by Gasteiger charge is 2.39. The summed E-state index contributed by atoms with van der Waals surface area (Å²) in [6.07, 6.45) is 12.5. The van der Waals surface area contributed by atoms with Gasteiger partial charge in [0.1, 0.15) is 0 Å². The molecule has 1 aromatic heterocycles. The predicted octanol–water partition coefficient (Wildman–Crippen LogP) is 2.69. The summed E-state index contributed by atoms with van der Waals surface area (Å²) in [5.41, 5.74) is 1.02. The largest absolute Gasteiger partial charge is 0.338 e. The Kier molecular flexibility index (Phi) is 6.80. The van der Waals surface area contributed by atoms with Crippen LogP contribution in [0.25, 0.3) is 0 Å². The second kappa shape index (κ2) is 9.70. The molecule has 0 spiro atoms. The Bertz CT molecular complexity index is 687. The Labute approximate surface area is 174 Å². The van der Waals surface area contributed by atoms with E-state index in [2.05, 4.69) is 14.8 Å². The van der Waals surface area contributed by atoms with Crippen LogP contribution in [0.15, 0.2) is 24.5 Å². The molecule has 3 aliphatic heterocycles. The lowest BCUT2D eigenvalue weighted by Gasteiger charge is -2.39. The quantitative estimate of drug-likeness (QED) is 0.765. The van der Waals surface area contributed by atoms with E-state index in [-0.39, 0.29) is 17.7 Å². The van der Waals surface area contributed by atoms with Gasteiger partial charge in [0.15, 0.2) is 0 Å². The van der Waals surface area contributed by atoms with E-state index >= 15 is 0 Å². The minimum Gasteiger partial charge on any atom is -0.338 e. The number of carbonyl (C=O) groups is 2. The van der Waals surface area contributed by atoms with Gasteiger partial charge in [-0.2, -0.15) is 0 Å². The molecular formula is C23H34N4O2. The van der Waals surface area contributed by atoms with Crippen LogP contribution in [0.4, 0.5) is 0 Å². The lowest BCUT2D eigenvalue weighted by atomic mass is 9.98. The fraction of sp³-hybridized carbons (Fsp3) is 0.696. The Morgan fingerprint density at radius 3 is 2.62 bits per heavy atom. The Morgan fingerprint density at radius 1 is 1.07 bits per heavy atom. The summed E-state index contributed by atoms with van der Waals surface area (Å²) in [5, 5.41) is 0. The molecule has 3 fully saturated rings. The summed E-state index contributed by atoms with van der Waals surface area (Å²) < 4.78 is 0. The summed E-state index contributed by atoms with van der Waals surface area (Å²) in [5.74, 6) is 0.101. The van der Waals surface area contributed by atoms with Gasteiger partial charge in [-0.25, -0.2) is 0 Å². The van der Waals surface area contributed by atoms with Crippen molar-refractivity contribution in [2.24, 2.45) is 5.92 Å². The molecule has 0 aliphatic carbocycles. The maximum atomic E-state index is 13.4. The molecule has 0 saturated carbocycles. The second-order valence-electron chi connectivity index (χ2n) is 8.93. The zero-order chi connectivity index (χ0) is 20.1. The van der Waals surface area contributed by atoms with Gasteiger partial charge in [0.2, 0.25) is 11.8 Å². The average molecular weight is 399 g/mol. The Hall–Kier alpha value is -1.95. The summed E-state index contributed by atoms with van der Waals surface area (Å²) in [4.78, 5) is 36.6. The van der Waals surface area contributed by atoms with E-state index in [1.54, 1.807) is 12.4 Å². The molecule has 3 aliphatic rings. The zero-order valence-electron chi connectivity index (χ0n) is 17.5. The average Bonchev–Trinajstić information content (AvgIpc) is 2.93. The SMILES string of the molecule is O=C1C[C@@H](C(=O)N2CCCC[C@@H]2CN2CCCCCC2)CN1Cc1cccnc1. The molecule has 0 N–H and O–H groups in total. The molecule has 3 saturated heterocycles. The van der Waals surface area contributed by atoms with Crippen LogP contribution in [0.3, 0.4) is 0 Å². The molecule has 0 unspecified atom stereocenters. The zero-order valence-corrected chi connectivity index (χ0v) is 17.5. The van der Waals surface area contributed by atoms with Crippen LogP contribution in [-0.4, -0.2) is 70.3 Å². The maximum Gasteiger partial charge on any atom is 0.228 e. The van der Waals surface area contributed by atoms with Crippen LogP contribution in [0.5, 0.6) is 0 Å². The summed E-state index contributed by atoms with van der Waals surface area (Å²) in [6.45, 7) is 5.28. The minimum absolute atomic E-state index is 0.0910. The number of nitrogens with zero attached hydrogens (tertiary/aromatic N) is 4. The number of piperidine rings is 1. The van der Waals surface area contributed by atoms with Gasteiger partial charge in [0.25, 0.3) is 0 Å². The van der Waals surface area contributed by atoms with Gasteiger partial charge in [0.05, 0.1) is 5.92 Å². The van der Waals surface area contributed by atoms with E-state index in [9.17, 15) is 9.59 Å². The van der Waals surface area contributed by atoms with Crippen molar-refractivity contribution in [1.29, 1.82) is 0 Å². The standard InChI is InChI=1S/C23H34N4O2/c28-22-14-20(17-26(22)16-19-8-7-10-24-15-19)23(29)27-13-6-3-9-21(27)18-25-11-4-1-2-5-12-25/h7-8,10,15,20-21H,1-6,9,11-14,16-18H2/t20-,21-/m1/s1. The summed E-state index contributed by atoms with van der Waals surface area (Å²) >= 11 is 0. The van der Waals surface area contributed by atoms with Crippen molar-refractivity contribution in [2.45, 2.75) is 64.0 Å². The number of hydrogen-bond donors (Lipinski definition) is 0. The predicted molar refractivity (Wildman–Crippen MR) is 112 cm³/mol. The van der Waals surface area contributed by atoms with E-state index in [1.807, 2.05) is 17.0 Å². The molecule has 0 aromatic carbocycles. The van der Waals surface area contributed by atoms with Crippen LogP contribution < -0.4 is 0 Å². The number of carbonyl (C=O) groups excluding carboxylic acids is 2. The summed E-state index contributed by atoms with van der Waals surface area (Å²) in [7, 11) is 0. The number of pyridine rings is 1. The molecule has 4 heterocycles. The molecule has 2 atom stereocenters. The first kappa shape index (κ1) is 20.3. The fourth-order valence-electron chi connectivity index (χ4n) is 5.13. The maximum absolute atomic E-state index is 13.4. The van der Waals surface area contributed by atoms with Crippen molar-refractivity contribution in [1.82, 2.24) is 19.7 Å². The van der Waals surface area contributed by atoms with Gasteiger partial charge in [-0.05, 0) is 56.8 Å². The van der Waals surface area contributed by atoms with Gasteiger partial charge < -0.3 is 14.7 Å². The minimum atomic E-state index is -0.191. The topological polar surface area (TPSA) is 56.8 Å². The van der Waals surface area contributed by atoms with Gasteiger partial charge in [-0.15, -0.1) is 0 Å². The Morgan fingerprint density at radius 2 is 1.86 bits per heavy atom. The molecule has 29 heavy (non-hydrogen) atoms. The number of hydrogen-bond acceptors (Lipinski definition) is 4. The van der Waals surface area contributed by atoms with Crippen molar-refractivity contribution in [3.05, 3.63) is 30.1 Å². The smallest absolute Gasteiger partial charge is 0.228 e. The third-order valence-electron chi connectivity index (χ3n) is 6.74. The van der Waals surface area contributed by atoms with Gasteiger partial charge >= 0.3 is 0 Å². The number of rotatable bonds is 5. The number of likely N-dealkylation sites (tertiary alicyclic amines) is 3. The highest BCUT2D eigenvalue weighted by molar-refractivity contribution is 5.89.